The summed E-state index contributed by atoms with van der Waals surface area (Å²) in [7, 11) is 0. The van der Waals surface area contributed by atoms with Gasteiger partial charge in [-0.15, -0.1) is 0 Å². The Hall–Kier alpha value is -1.00. The van der Waals surface area contributed by atoms with Crippen molar-refractivity contribution in [3.05, 3.63) is 29.8 Å². The van der Waals surface area contributed by atoms with Crippen LogP contribution in [0.25, 0.3) is 0 Å². The Bertz CT molecular complexity index is 276. The maximum atomic E-state index is 13.0. The van der Waals surface area contributed by atoms with Gasteiger partial charge in [0.15, 0.2) is 0 Å². The molecule has 0 spiro atoms. The number of halogens is 1. The van der Waals surface area contributed by atoms with Crippen LogP contribution < -0.4 is 5.73 Å². The molecule has 1 aromatic heterocycles. The average Bonchev–Trinajstić information content (AvgIpc) is 2.05. The lowest BCUT2D eigenvalue weighted by Gasteiger charge is -2.21. The molecule has 0 aliphatic carbocycles. The van der Waals surface area contributed by atoms with Gasteiger partial charge in [0, 0.05) is 11.8 Å². The standard InChI is InChI=1S/C8H11FN2O/c1-8(10,5-12)6-3-2-4-11-7(6)9/h2-4,12H,5,10H2,1H3/t8-/m1/s1. The van der Waals surface area contributed by atoms with Gasteiger partial charge in [-0.3, -0.25) is 0 Å². The molecular weight excluding hydrogens is 159 g/mol. The fourth-order valence-electron chi connectivity index (χ4n) is 0.897. The minimum Gasteiger partial charge on any atom is -0.394 e. The highest BCUT2D eigenvalue weighted by molar-refractivity contribution is 5.20. The zero-order valence-corrected chi connectivity index (χ0v) is 6.79. The average molecular weight is 170 g/mol. The molecular formula is C8H11FN2O. The second kappa shape index (κ2) is 3.16. The highest BCUT2D eigenvalue weighted by Crippen LogP contribution is 2.18. The van der Waals surface area contributed by atoms with E-state index in [1.807, 2.05) is 0 Å². The van der Waals surface area contributed by atoms with Crippen LogP contribution in [0.3, 0.4) is 0 Å². The van der Waals surface area contributed by atoms with E-state index in [0.717, 1.165) is 0 Å². The summed E-state index contributed by atoms with van der Waals surface area (Å²) in [5, 5.41) is 8.85. The molecule has 0 fully saturated rings. The molecule has 12 heavy (non-hydrogen) atoms. The summed E-state index contributed by atoms with van der Waals surface area (Å²) in [6.07, 6.45) is 1.34. The maximum Gasteiger partial charge on any atom is 0.217 e. The molecule has 0 amide bonds. The van der Waals surface area contributed by atoms with E-state index in [2.05, 4.69) is 4.98 Å². The lowest BCUT2D eigenvalue weighted by atomic mass is 9.96. The van der Waals surface area contributed by atoms with E-state index in [1.54, 1.807) is 13.0 Å². The van der Waals surface area contributed by atoms with Gasteiger partial charge in [0.05, 0.1) is 12.1 Å². The molecule has 0 radical (unpaired) electrons. The number of rotatable bonds is 2. The van der Waals surface area contributed by atoms with Crippen LogP contribution in [-0.4, -0.2) is 16.7 Å². The molecule has 0 aliphatic heterocycles. The van der Waals surface area contributed by atoms with E-state index in [-0.39, 0.29) is 12.2 Å². The SMILES string of the molecule is C[C@@](N)(CO)c1cccnc1F. The lowest BCUT2D eigenvalue weighted by molar-refractivity contribution is 0.205. The third-order valence-electron chi connectivity index (χ3n) is 1.70. The second-order valence-electron chi connectivity index (χ2n) is 2.92. The Kier molecular flexibility index (Phi) is 2.40. The van der Waals surface area contributed by atoms with Crippen LogP contribution in [0.2, 0.25) is 0 Å². The predicted molar refractivity (Wildman–Crippen MR) is 42.8 cm³/mol. The van der Waals surface area contributed by atoms with Crippen LogP contribution in [0.4, 0.5) is 4.39 Å². The van der Waals surface area contributed by atoms with E-state index in [4.69, 9.17) is 10.8 Å². The van der Waals surface area contributed by atoms with Crippen molar-refractivity contribution >= 4 is 0 Å². The summed E-state index contributed by atoms with van der Waals surface area (Å²) in [5.41, 5.74) is 4.78. The van der Waals surface area contributed by atoms with Gasteiger partial charge >= 0.3 is 0 Å². The number of aliphatic hydroxyl groups is 1. The van der Waals surface area contributed by atoms with Crippen LogP contribution in [0.5, 0.6) is 0 Å². The van der Waals surface area contributed by atoms with Crippen LogP contribution in [0.15, 0.2) is 18.3 Å². The molecule has 4 heteroatoms. The smallest absolute Gasteiger partial charge is 0.217 e. The minimum atomic E-state index is -1.06. The predicted octanol–water partition coefficient (Wildman–Crippen LogP) is 0.387. The molecule has 1 aromatic rings. The normalized spacial score (nSPS) is 15.7. The molecule has 0 bridgehead atoms. The van der Waals surface area contributed by atoms with Crippen molar-refractivity contribution in [3.8, 4) is 0 Å². The number of hydrogen-bond acceptors (Lipinski definition) is 3. The van der Waals surface area contributed by atoms with Crippen LogP contribution in [0, 0.1) is 5.95 Å². The van der Waals surface area contributed by atoms with Gasteiger partial charge in [0.2, 0.25) is 5.95 Å². The zero-order chi connectivity index (χ0) is 9.19. The van der Waals surface area contributed by atoms with E-state index in [0.29, 0.717) is 0 Å². The van der Waals surface area contributed by atoms with Gasteiger partial charge in [0.25, 0.3) is 0 Å². The van der Waals surface area contributed by atoms with Crippen molar-refractivity contribution in [2.45, 2.75) is 12.5 Å². The molecule has 1 heterocycles. The summed E-state index contributed by atoms with van der Waals surface area (Å²) < 4.78 is 13.0. The topological polar surface area (TPSA) is 59.1 Å². The van der Waals surface area contributed by atoms with Gasteiger partial charge in [-0.25, -0.2) is 4.98 Å². The van der Waals surface area contributed by atoms with E-state index in [9.17, 15) is 4.39 Å². The van der Waals surface area contributed by atoms with Crippen molar-refractivity contribution in [2.24, 2.45) is 5.73 Å². The first-order chi connectivity index (χ1) is 5.58. The van der Waals surface area contributed by atoms with Gasteiger partial charge in [-0.05, 0) is 13.0 Å². The molecule has 0 saturated heterocycles. The molecule has 3 N–H and O–H groups in total. The molecule has 66 valence electrons. The van der Waals surface area contributed by atoms with Crippen molar-refractivity contribution in [1.82, 2.24) is 4.98 Å². The van der Waals surface area contributed by atoms with Gasteiger partial charge < -0.3 is 10.8 Å². The Morgan fingerprint density at radius 1 is 1.75 bits per heavy atom. The Morgan fingerprint density at radius 2 is 2.42 bits per heavy atom. The first-order valence-corrected chi connectivity index (χ1v) is 3.58. The summed E-state index contributed by atoms with van der Waals surface area (Å²) in [4.78, 5) is 3.44. The van der Waals surface area contributed by atoms with Crippen molar-refractivity contribution in [1.29, 1.82) is 0 Å². The van der Waals surface area contributed by atoms with Crippen molar-refractivity contribution < 1.29 is 9.50 Å². The molecule has 0 unspecified atom stereocenters. The number of pyridine rings is 1. The van der Waals surface area contributed by atoms with Gasteiger partial charge in [-0.2, -0.15) is 4.39 Å². The Labute approximate surface area is 70.0 Å². The van der Waals surface area contributed by atoms with Gasteiger partial charge in [0.1, 0.15) is 0 Å². The Morgan fingerprint density at radius 3 is 2.92 bits per heavy atom. The zero-order valence-electron chi connectivity index (χ0n) is 6.79. The third kappa shape index (κ3) is 1.60. The maximum absolute atomic E-state index is 13.0. The largest absolute Gasteiger partial charge is 0.394 e. The fourth-order valence-corrected chi connectivity index (χ4v) is 0.897. The van der Waals surface area contributed by atoms with Crippen molar-refractivity contribution in [2.75, 3.05) is 6.61 Å². The molecule has 3 nitrogen and oxygen atoms in total. The minimum absolute atomic E-state index is 0.229. The first-order valence-electron chi connectivity index (χ1n) is 3.58. The lowest BCUT2D eigenvalue weighted by Crippen LogP contribution is -2.38. The second-order valence-corrected chi connectivity index (χ2v) is 2.92. The fraction of sp³-hybridized carbons (Fsp3) is 0.375. The van der Waals surface area contributed by atoms with Crippen LogP contribution >= 0.6 is 0 Å². The van der Waals surface area contributed by atoms with E-state index < -0.39 is 11.5 Å². The highest BCUT2D eigenvalue weighted by Gasteiger charge is 2.23. The summed E-state index contributed by atoms with van der Waals surface area (Å²) in [5.74, 6) is -0.628. The first kappa shape index (κ1) is 9.09. The number of nitrogens with two attached hydrogens (primary N) is 1. The number of nitrogens with zero attached hydrogens (tertiary/aromatic N) is 1. The van der Waals surface area contributed by atoms with E-state index >= 15 is 0 Å². The summed E-state index contributed by atoms with van der Waals surface area (Å²) in [6.45, 7) is 1.24. The van der Waals surface area contributed by atoms with Crippen LogP contribution in [0.1, 0.15) is 12.5 Å². The summed E-state index contributed by atoms with van der Waals surface area (Å²) >= 11 is 0. The molecule has 0 aliphatic rings. The van der Waals surface area contributed by atoms with E-state index in [1.165, 1.54) is 12.3 Å². The monoisotopic (exact) mass is 170 g/mol. The third-order valence-corrected chi connectivity index (χ3v) is 1.70. The highest BCUT2D eigenvalue weighted by atomic mass is 19.1. The Balaban J connectivity index is 3.10. The van der Waals surface area contributed by atoms with Crippen LogP contribution in [-0.2, 0) is 5.54 Å². The molecule has 0 aromatic carbocycles. The quantitative estimate of drug-likeness (QED) is 0.631. The number of aromatic nitrogens is 1. The number of aliphatic hydroxyl groups excluding tert-OH is 1. The molecule has 0 saturated carbocycles. The summed E-state index contributed by atoms with van der Waals surface area (Å²) in [6, 6.07) is 3.09. The molecule has 1 atom stereocenters. The van der Waals surface area contributed by atoms with Crippen molar-refractivity contribution in [3.63, 3.8) is 0 Å². The van der Waals surface area contributed by atoms with Gasteiger partial charge in [-0.1, -0.05) is 6.07 Å². The number of hydrogen-bond donors (Lipinski definition) is 2. The molecule has 1 rings (SSSR count).